The molecule has 1 aromatic carbocycles. The number of carbonyl (C=O) groups is 1. The van der Waals surface area contributed by atoms with E-state index in [-0.39, 0.29) is 70.2 Å². The number of benzene rings is 1. The molecule has 1 amide bonds. The predicted molar refractivity (Wildman–Crippen MR) is 166 cm³/mol. The molecule has 1 aromatic heterocycles. The number of sulfonamides is 1. The van der Waals surface area contributed by atoms with Crippen molar-refractivity contribution in [2.24, 2.45) is 16.8 Å². The molecular weight excluding hydrogens is 617 g/mol. The number of aromatic nitrogens is 1. The van der Waals surface area contributed by atoms with Gasteiger partial charge in [-0.3, -0.25) is 9.79 Å². The van der Waals surface area contributed by atoms with Crippen molar-refractivity contribution in [3.05, 3.63) is 41.4 Å². The molecule has 44 heavy (non-hydrogen) atoms. The number of halogens is 3. The van der Waals surface area contributed by atoms with Gasteiger partial charge in [0, 0.05) is 41.5 Å². The van der Waals surface area contributed by atoms with Crippen molar-refractivity contribution in [3.8, 4) is 0 Å². The number of amidine groups is 1. The topological polar surface area (TPSA) is 102 Å². The minimum atomic E-state index is -4.20. The second-order valence-corrected chi connectivity index (χ2v) is 14.3. The van der Waals surface area contributed by atoms with E-state index < -0.39 is 33.4 Å². The zero-order chi connectivity index (χ0) is 30.6. The Morgan fingerprint density at radius 2 is 1.82 bits per heavy atom. The summed E-state index contributed by atoms with van der Waals surface area (Å²) in [7, 11) is -3.77. The molecule has 1 spiro atoms. The molecule has 4 heterocycles. The Labute approximate surface area is 262 Å². The lowest BCUT2D eigenvalue weighted by atomic mass is 9.81. The van der Waals surface area contributed by atoms with E-state index in [2.05, 4.69) is 14.9 Å². The standard InChI is InChI=1S/C30H37F3N4O5S.H2S/c1-28(2)41-19-23(42-28)18-36-14-10-24-20(4-3-5-25(24)36)11-17-43(39,40)37-15-12-29(13-16-37)27(38)34-26(35-29)21-6-8-22(9-7-21)30(31,32)33;/h3-5,10-11,14,17,21-23H,6-9,12-13,15-16,18-19H2,1-2H3,(H,34,35,38);1H2/b17-11+;/t21?,22?,23-;/m0./s1. The van der Waals surface area contributed by atoms with E-state index >= 15 is 0 Å². The summed E-state index contributed by atoms with van der Waals surface area (Å²) in [6, 6.07) is 7.69. The van der Waals surface area contributed by atoms with Gasteiger partial charge in [-0.05, 0) is 76.1 Å². The molecule has 1 atom stereocenters. The van der Waals surface area contributed by atoms with Crippen LogP contribution in [0.25, 0.3) is 17.0 Å². The first kappa shape index (κ1) is 33.0. The van der Waals surface area contributed by atoms with E-state index in [1.165, 1.54) is 9.71 Å². The lowest BCUT2D eigenvalue weighted by Gasteiger charge is -2.34. The first-order chi connectivity index (χ1) is 20.2. The van der Waals surface area contributed by atoms with Gasteiger partial charge in [-0.25, -0.2) is 8.42 Å². The summed E-state index contributed by atoms with van der Waals surface area (Å²) in [6.45, 7) is 5.12. The Balaban J connectivity index is 0.00000384. The van der Waals surface area contributed by atoms with Crippen LogP contribution in [0.3, 0.4) is 0 Å². The molecule has 0 bridgehead atoms. The fourth-order valence-electron chi connectivity index (χ4n) is 6.75. The Morgan fingerprint density at radius 1 is 1.11 bits per heavy atom. The molecule has 6 rings (SSSR count). The molecule has 14 heteroatoms. The molecule has 242 valence electrons. The smallest absolute Gasteiger partial charge is 0.348 e. The Hall–Kier alpha value is -2.39. The quantitative estimate of drug-likeness (QED) is 0.475. The number of hydrogen-bond acceptors (Lipinski definition) is 6. The van der Waals surface area contributed by atoms with Crippen molar-refractivity contribution < 1.29 is 35.9 Å². The van der Waals surface area contributed by atoms with E-state index in [4.69, 9.17) is 9.47 Å². The number of hydrogen-bond donors (Lipinski definition) is 1. The van der Waals surface area contributed by atoms with Crippen LogP contribution in [0.2, 0.25) is 0 Å². The minimum Gasteiger partial charge on any atom is -0.348 e. The average molecular weight is 657 g/mol. The fraction of sp³-hybridized carbons (Fsp3) is 0.600. The molecule has 0 unspecified atom stereocenters. The van der Waals surface area contributed by atoms with Gasteiger partial charge in [-0.15, -0.1) is 0 Å². The molecule has 0 radical (unpaired) electrons. The molecule has 2 aromatic rings. The van der Waals surface area contributed by atoms with Crippen molar-refractivity contribution in [1.29, 1.82) is 0 Å². The van der Waals surface area contributed by atoms with Crippen molar-refractivity contribution in [2.45, 2.75) is 82.5 Å². The third-order valence-corrected chi connectivity index (χ3v) is 10.8. The monoisotopic (exact) mass is 656 g/mol. The number of fused-ring (bicyclic) bond motifs is 1. The minimum absolute atomic E-state index is 0. The highest BCUT2D eigenvalue weighted by Gasteiger charge is 2.49. The third kappa shape index (κ3) is 6.60. The summed E-state index contributed by atoms with van der Waals surface area (Å²) < 4.78 is 80.8. The zero-order valence-corrected chi connectivity index (χ0v) is 26.6. The number of nitrogens with zero attached hydrogens (tertiary/aromatic N) is 3. The van der Waals surface area contributed by atoms with Crippen LogP contribution in [-0.4, -0.2) is 72.3 Å². The van der Waals surface area contributed by atoms with Gasteiger partial charge in [0.25, 0.3) is 5.91 Å². The molecule has 9 nitrogen and oxygen atoms in total. The van der Waals surface area contributed by atoms with Crippen LogP contribution in [0.5, 0.6) is 0 Å². The van der Waals surface area contributed by atoms with Gasteiger partial charge in [0.2, 0.25) is 10.0 Å². The van der Waals surface area contributed by atoms with Crippen LogP contribution in [0.1, 0.15) is 57.9 Å². The normalized spacial score (nSPS) is 27.5. The Kier molecular flexibility index (Phi) is 9.06. The average Bonchev–Trinajstić information content (AvgIpc) is 3.62. The number of amides is 1. The number of ether oxygens (including phenoxy) is 2. The summed E-state index contributed by atoms with van der Waals surface area (Å²) in [5.74, 6) is -1.97. The van der Waals surface area contributed by atoms with Gasteiger partial charge >= 0.3 is 6.18 Å². The number of alkyl halides is 3. The zero-order valence-electron chi connectivity index (χ0n) is 24.8. The lowest BCUT2D eigenvalue weighted by Crippen LogP contribution is -2.50. The number of carbonyl (C=O) groups excluding carboxylic acids is 1. The summed E-state index contributed by atoms with van der Waals surface area (Å²) in [4.78, 5) is 17.6. The highest BCUT2D eigenvalue weighted by molar-refractivity contribution is 7.92. The van der Waals surface area contributed by atoms with E-state index in [1.807, 2.05) is 44.3 Å². The third-order valence-electron chi connectivity index (χ3n) is 9.22. The van der Waals surface area contributed by atoms with Crippen LogP contribution < -0.4 is 5.32 Å². The summed E-state index contributed by atoms with van der Waals surface area (Å²) in [6.07, 6.45) is 0.395. The second kappa shape index (κ2) is 12.1. The molecule has 1 saturated carbocycles. The van der Waals surface area contributed by atoms with Gasteiger partial charge in [0.1, 0.15) is 17.5 Å². The van der Waals surface area contributed by atoms with Gasteiger partial charge in [0.05, 0.1) is 19.1 Å². The first-order valence-corrected chi connectivity index (χ1v) is 16.3. The van der Waals surface area contributed by atoms with Crippen molar-refractivity contribution in [3.63, 3.8) is 0 Å². The van der Waals surface area contributed by atoms with Crippen molar-refractivity contribution >= 4 is 52.2 Å². The Bertz CT molecular complexity index is 1550. The highest BCUT2D eigenvalue weighted by atomic mass is 32.2. The maximum absolute atomic E-state index is 13.3. The summed E-state index contributed by atoms with van der Waals surface area (Å²) in [5, 5.41) is 4.93. The number of nitrogens with one attached hydrogen (secondary N) is 1. The van der Waals surface area contributed by atoms with E-state index in [1.54, 1.807) is 6.08 Å². The van der Waals surface area contributed by atoms with Gasteiger partial charge in [0.15, 0.2) is 5.79 Å². The van der Waals surface area contributed by atoms with Crippen LogP contribution in [0.4, 0.5) is 13.2 Å². The molecule has 3 aliphatic heterocycles. The van der Waals surface area contributed by atoms with Crippen LogP contribution in [-0.2, 0) is 30.8 Å². The number of rotatable bonds is 6. The van der Waals surface area contributed by atoms with Crippen LogP contribution in [0.15, 0.2) is 40.9 Å². The SMILES string of the molecule is CC1(C)OC[C@H](Cn2ccc3c(/C=C/S(=O)(=O)N4CCC5(CC4)N=C(C4CCC(C(F)(F)F)CC4)NC5=O)cccc32)O1.S. The molecular formula is C30H39F3N4O5S2. The highest BCUT2D eigenvalue weighted by Crippen LogP contribution is 2.41. The number of piperidine rings is 1. The van der Waals surface area contributed by atoms with Gasteiger partial charge < -0.3 is 19.4 Å². The number of aliphatic imine (C=N–C) groups is 1. The maximum atomic E-state index is 13.3. The van der Waals surface area contributed by atoms with Crippen molar-refractivity contribution in [2.75, 3.05) is 19.7 Å². The van der Waals surface area contributed by atoms with E-state index in [0.717, 1.165) is 16.5 Å². The van der Waals surface area contributed by atoms with Gasteiger partial charge in [-0.2, -0.15) is 31.0 Å². The molecule has 1 aliphatic carbocycles. The van der Waals surface area contributed by atoms with Crippen LogP contribution >= 0.6 is 13.5 Å². The summed E-state index contributed by atoms with van der Waals surface area (Å²) in [5.41, 5.74) is 0.659. The predicted octanol–water partition coefficient (Wildman–Crippen LogP) is 4.94. The largest absolute Gasteiger partial charge is 0.391 e. The summed E-state index contributed by atoms with van der Waals surface area (Å²) >= 11 is 0. The van der Waals surface area contributed by atoms with Crippen LogP contribution in [0, 0.1) is 11.8 Å². The maximum Gasteiger partial charge on any atom is 0.391 e. The molecule has 4 aliphatic rings. The van der Waals surface area contributed by atoms with Crippen molar-refractivity contribution in [1.82, 2.24) is 14.2 Å². The van der Waals surface area contributed by atoms with E-state index in [0.29, 0.717) is 31.8 Å². The second-order valence-electron chi connectivity index (χ2n) is 12.5. The first-order valence-electron chi connectivity index (χ1n) is 14.8. The fourth-order valence-corrected chi connectivity index (χ4v) is 7.93. The molecule has 1 N–H and O–H groups in total. The molecule has 2 saturated heterocycles. The van der Waals surface area contributed by atoms with Gasteiger partial charge in [-0.1, -0.05) is 12.1 Å². The molecule has 3 fully saturated rings. The lowest BCUT2D eigenvalue weighted by molar-refractivity contribution is -0.182. The van der Waals surface area contributed by atoms with E-state index in [9.17, 15) is 26.4 Å². The Morgan fingerprint density at radius 3 is 2.45 bits per heavy atom.